The molecule has 0 spiro atoms. The topological polar surface area (TPSA) is 67.1 Å². The molecule has 0 aliphatic rings. The molecule has 7 heteroatoms. The van der Waals surface area contributed by atoms with E-state index in [9.17, 15) is 0 Å². The lowest BCUT2D eigenvalue weighted by atomic mass is 10.3. The van der Waals surface area contributed by atoms with Crippen molar-refractivity contribution >= 4 is 17.3 Å². The van der Waals surface area contributed by atoms with E-state index < -0.39 is 0 Å². The number of aromatic nitrogens is 3. The lowest BCUT2D eigenvalue weighted by Crippen LogP contribution is -2.42. The fourth-order valence-corrected chi connectivity index (χ4v) is 2.63. The highest BCUT2D eigenvalue weighted by atomic mass is 32.1. The molecule has 22 heavy (non-hydrogen) atoms. The van der Waals surface area contributed by atoms with Crippen molar-refractivity contribution in [2.75, 3.05) is 6.54 Å². The Kier molecular flexibility index (Phi) is 5.94. The van der Waals surface area contributed by atoms with Gasteiger partial charge in [-0.25, -0.2) is 4.99 Å². The smallest absolute Gasteiger partial charge is 0.191 e. The van der Waals surface area contributed by atoms with Crippen LogP contribution in [-0.2, 0) is 20.0 Å². The van der Waals surface area contributed by atoms with Crippen LogP contribution in [0.4, 0.5) is 0 Å². The molecule has 0 saturated carbocycles. The zero-order chi connectivity index (χ0) is 15.9. The third kappa shape index (κ3) is 4.84. The van der Waals surface area contributed by atoms with E-state index in [1.54, 1.807) is 11.3 Å². The predicted molar refractivity (Wildman–Crippen MR) is 91.2 cm³/mol. The molecule has 0 amide bonds. The summed E-state index contributed by atoms with van der Waals surface area (Å²) in [5, 5.41) is 17.0. The minimum atomic E-state index is 0.328. The first-order valence-electron chi connectivity index (χ1n) is 7.48. The van der Waals surface area contributed by atoms with Gasteiger partial charge >= 0.3 is 0 Å². The molecule has 0 radical (unpaired) electrons. The fraction of sp³-hybridized carbons (Fsp3) is 0.533. The van der Waals surface area contributed by atoms with Gasteiger partial charge in [0.05, 0.1) is 0 Å². The van der Waals surface area contributed by atoms with Crippen LogP contribution in [0.1, 0.15) is 30.4 Å². The van der Waals surface area contributed by atoms with E-state index in [2.05, 4.69) is 57.2 Å². The van der Waals surface area contributed by atoms with Gasteiger partial charge < -0.3 is 15.2 Å². The molecule has 2 N–H and O–H groups in total. The summed E-state index contributed by atoms with van der Waals surface area (Å²) in [5.74, 6) is 2.57. The summed E-state index contributed by atoms with van der Waals surface area (Å²) in [6, 6.07) is 4.56. The Labute approximate surface area is 135 Å². The van der Waals surface area contributed by atoms with Crippen LogP contribution in [0, 0.1) is 6.92 Å². The summed E-state index contributed by atoms with van der Waals surface area (Å²) in [6.45, 7) is 7.51. The van der Waals surface area contributed by atoms with Crippen molar-refractivity contribution in [3.63, 3.8) is 0 Å². The Bertz CT molecular complexity index is 600. The second kappa shape index (κ2) is 7.93. The molecule has 2 heterocycles. The molecule has 0 aromatic carbocycles. The summed E-state index contributed by atoms with van der Waals surface area (Å²) in [5.41, 5.74) is 0. The molecule has 2 aromatic rings. The molecule has 0 saturated heterocycles. The maximum absolute atomic E-state index is 4.60. The van der Waals surface area contributed by atoms with E-state index in [1.807, 2.05) is 18.5 Å². The lowest BCUT2D eigenvalue weighted by molar-refractivity contribution is 0.688. The van der Waals surface area contributed by atoms with Gasteiger partial charge in [-0.15, -0.1) is 21.5 Å². The Morgan fingerprint density at radius 2 is 2.23 bits per heavy atom. The zero-order valence-electron chi connectivity index (χ0n) is 13.6. The first-order valence-corrected chi connectivity index (χ1v) is 8.36. The van der Waals surface area contributed by atoms with Gasteiger partial charge in [0, 0.05) is 24.5 Å². The zero-order valence-corrected chi connectivity index (χ0v) is 14.4. The summed E-state index contributed by atoms with van der Waals surface area (Å²) < 4.78 is 1.96. The van der Waals surface area contributed by atoms with Crippen molar-refractivity contribution in [3.05, 3.63) is 34.0 Å². The normalized spacial score (nSPS) is 12.0. The summed E-state index contributed by atoms with van der Waals surface area (Å²) in [6.07, 6.45) is 1.000. The van der Waals surface area contributed by atoms with Gasteiger partial charge in [-0.05, 0) is 38.6 Å². The van der Waals surface area contributed by atoms with Crippen molar-refractivity contribution in [2.45, 2.75) is 39.8 Å². The minimum Gasteiger partial charge on any atom is -0.356 e. The molecule has 2 aromatic heterocycles. The van der Waals surface area contributed by atoms with Gasteiger partial charge in [-0.3, -0.25) is 0 Å². The molecule has 6 nitrogen and oxygen atoms in total. The molecular weight excluding hydrogens is 296 g/mol. The van der Waals surface area contributed by atoms with E-state index in [0.29, 0.717) is 12.6 Å². The second-order valence-corrected chi connectivity index (χ2v) is 6.47. The number of nitrogens with one attached hydrogen (secondary N) is 2. The van der Waals surface area contributed by atoms with Crippen molar-refractivity contribution < 1.29 is 0 Å². The van der Waals surface area contributed by atoms with E-state index in [4.69, 9.17) is 0 Å². The number of hydrogen-bond donors (Lipinski definition) is 2. The van der Waals surface area contributed by atoms with Crippen LogP contribution in [-0.4, -0.2) is 33.3 Å². The molecule has 0 aliphatic carbocycles. The first-order chi connectivity index (χ1) is 10.6. The monoisotopic (exact) mass is 320 g/mol. The number of hydrogen-bond acceptors (Lipinski definition) is 4. The standard InChI is InChI=1S/C15H24N6S/c1-11(2)18-15(16-8-7-13-6-5-9-22-13)17-10-14-20-19-12(3)21(14)4/h5-6,9,11H,7-8,10H2,1-4H3,(H2,16,17,18). The number of aryl methyl sites for hydroxylation is 1. The molecular formula is C15H24N6S. The van der Waals surface area contributed by atoms with E-state index >= 15 is 0 Å². The molecule has 2 rings (SSSR count). The molecule has 0 unspecified atom stereocenters. The maximum atomic E-state index is 4.60. The molecule has 0 aliphatic heterocycles. The highest BCUT2D eigenvalue weighted by molar-refractivity contribution is 7.09. The van der Waals surface area contributed by atoms with Gasteiger partial charge in [0.2, 0.25) is 0 Å². The fourth-order valence-electron chi connectivity index (χ4n) is 1.92. The van der Waals surface area contributed by atoms with Crippen molar-refractivity contribution in [2.24, 2.45) is 12.0 Å². The molecule has 0 atom stereocenters. The quantitative estimate of drug-likeness (QED) is 0.630. The van der Waals surface area contributed by atoms with Crippen molar-refractivity contribution in [3.8, 4) is 0 Å². The van der Waals surface area contributed by atoms with Crippen LogP contribution in [0.3, 0.4) is 0 Å². The largest absolute Gasteiger partial charge is 0.356 e. The summed E-state index contributed by atoms with van der Waals surface area (Å²) in [7, 11) is 1.96. The van der Waals surface area contributed by atoms with Crippen LogP contribution in [0.15, 0.2) is 22.5 Å². The Morgan fingerprint density at radius 1 is 1.41 bits per heavy atom. The average molecular weight is 320 g/mol. The molecule has 120 valence electrons. The average Bonchev–Trinajstić information content (AvgIpc) is 3.08. The van der Waals surface area contributed by atoms with Gasteiger partial charge in [-0.1, -0.05) is 6.07 Å². The van der Waals surface area contributed by atoms with Crippen LogP contribution in [0.5, 0.6) is 0 Å². The number of thiophene rings is 1. The Hall–Kier alpha value is -1.89. The number of aliphatic imine (C=N–C) groups is 1. The van der Waals surface area contributed by atoms with Crippen LogP contribution < -0.4 is 10.6 Å². The Balaban J connectivity index is 1.92. The number of nitrogens with zero attached hydrogens (tertiary/aromatic N) is 4. The third-order valence-electron chi connectivity index (χ3n) is 3.23. The first kappa shape index (κ1) is 16.5. The van der Waals surface area contributed by atoms with Crippen LogP contribution >= 0.6 is 11.3 Å². The van der Waals surface area contributed by atoms with Crippen LogP contribution in [0.2, 0.25) is 0 Å². The highest BCUT2D eigenvalue weighted by Crippen LogP contribution is 2.08. The van der Waals surface area contributed by atoms with Crippen molar-refractivity contribution in [1.29, 1.82) is 0 Å². The van der Waals surface area contributed by atoms with E-state index in [1.165, 1.54) is 4.88 Å². The van der Waals surface area contributed by atoms with Gasteiger partial charge in [-0.2, -0.15) is 0 Å². The van der Waals surface area contributed by atoms with E-state index in [-0.39, 0.29) is 0 Å². The predicted octanol–water partition coefficient (Wildman–Crippen LogP) is 1.87. The van der Waals surface area contributed by atoms with Gasteiger partial charge in [0.25, 0.3) is 0 Å². The van der Waals surface area contributed by atoms with E-state index in [0.717, 1.165) is 30.6 Å². The summed E-state index contributed by atoms with van der Waals surface area (Å²) in [4.78, 5) is 5.98. The lowest BCUT2D eigenvalue weighted by Gasteiger charge is -2.14. The number of rotatable bonds is 6. The van der Waals surface area contributed by atoms with Gasteiger partial charge in [0.1, 0.15) is 12.4 Å². The molecule has 0 fully saturated rings. The van der Waals surface area contributed by atoms with Gasteiger partial charge in [0.15, 0.2) is 11.8 Å². The maximum Gasteiger partial charge on any atom is 0.191 e. The van der Waals surface area contributed by atoms with Crippen molar-refractivity contribution in [1.82, 2.24) is 25.4 Å². The Morgan fingerprint density at radius 3 is 2.82 bits per heavy atom. The van der Waals surface area contributed by atoms with Crippen LogP contribution in [0.25, 0.3) is 0 Å². The minimum absolute atomic E-state index is 0.328. The number of guanidine groups is 1. The highest BCUT2D eigenvalue weighted by Gasteiger charge is 2.06. The third-order valence-corrected chi connectivity index (χ3v) is 4.17. The summed E-state index contributed by atoms with van der Waals surface area (Å²) >= 11 is 1.78. The SMILES string of the molecule is Cc1nnc(CN=C(NCCc2cccs2)NC(C)C)n1C. The second-order valence-electron chi connectivity index (χ2n) is 5.44. The molecule has 0 bridgehead atoms.